The van der Waals surface area contributed by atoms with Crippen molar-refractivity contribution in [1.82, 2.24) is 24.8 Å². The monoisotopic (exact) mass is 430 g/mol. The van der Waals surface area contributed by atoms with Crippen molar-refractivity contribution in [3.63, 3.8) is 0 Å². The van der Waals surface area contributed by atoms with Crippen molar-refractivity contribution in [2.45, 2.75) is 25.9 Å². The number of amides is 1. The number of rotatable bonds is 8. The van der Waals surface area contributed by atoms with E-state index in [1.54, 1.807) is 6.20 Å². The first kappa shape index (κ1) is 21.9. The number of anilines is 1. The molecule has 1 aliphatic heterocycles. The quantitative estimate of drug-likeness (QED) is 0.547. The Bertz CT molecular complexity index is 1020. The molecule has 7 nitrogen and oxygen atoms in total. The van der Waals surface area contributed by atoms with Gasteiger partial charge in [0.25, 0.3) is 0 Å². The van der Waals surface area contributed by atoms with Gasteiger partial charge in [-0.3, -0.25) is 14.7 Å². The van der Waals surface area contributed by atoms with Crippen molar-refractivity contribution < 1.29 is 4.79 Å². The van der Waals surface area contributed by atoms with Gasteiger partial charge in [0, 0.05) is 38.6 Å². The van der Waals surface area contributed by atoms with Crippen molar-refractivity contribution >= 4 is 11.9 Å². The maximum absolute atomic E-state index is 13.4. The Balaban J connectivity index is 1.66. The zero-order chi connectivity index (χ0) is 22.3. The van der Waals surface area contributed by atoms with Crippen LogP contribution in [-0.2, 0) is 17.9 Å². The Kier molecular flexibility index (Phi) is 7.07. The smallest absolute Gasteiger partial charge is 0.237 e. The van der Waals surface area contributed by atoms with Crippen LogP contribution in [0.25, 0.3) is 11.3 Å². The number of likely N-dealkylation sites (tertiary alicyclic amines) is 1. The van der Waals surface area contributed by atoms with Crippen LogP contribution in [0.3, 0.4) is 0 Å². The van der Waals surface area contributed by atoms with E-state index in [1.165, 1.54) is 0 Å². The van der Waals surface area contributed by atoms with E-state index in [1.807, 2.05) is 66.5 Å². The number of hydrogen-bond donors (Lipinski definition) is 0. The Hall–Kier alpha value is -3.32. The van der Waals surface area contributed by atoms with Gasteiger partial charge in [0.15, 0.2) is 0 Å². The molecular weight excluding hydrogens is 400 g/mol. The highest BCUT2D eigenvalue weighted by atomic mass is 16.2. The molecule has 0 N–H and O–H groups in total. The molecule has 0 aliphatic carbocycles. The first-order chi connectivity index (χ1) is 15.6. The second kappa shape index (κ2) is 10.3. The molecule has 2 aromatic heterocycles. The van der Waals surface area contributed by atoms with Gasteiger partial charge in [0.05, 0.1) is 24.5 Å². The fourth-order valence-corrected chi connectivity index (χ4v) is 3.93. The van der Waals surface area contributed by atoms with Gasteiger partial charge in [0.1, 0.15) is 0 Å². The van der Waals surface area contributed by atoms with Crippen LogP contribution < -0.4 is 4.90 Å². The Labute approximate surface area is 189 Å². The van der Waals surface area contributed by atoms with Crippen LogP contribution in [-0.4, -0.2) is 64.4 Å². The minimum Gasteiger partial charge on any atom is -0.347 e. The van der Waals surface area contributed by atoms with Gasteiger partial charge in [-0.2, -0.15) is 0 Å². The number of aromatic nitrogens is 3. The van der Waals surface area contributed by atoms with Crippen molar-refractivity contribution in [3.8, 4) is 11.3 Å². The molecule has 1 fully saturated rings. The van der Waals surface area contributed by atoms with E-state index in [0.29, 0.717) is 25.6 Å². The van der Waals surface area contributed by atoms with Gasteiger partial charge in [-0.05, 0) is 43.6 Å². The summed E-state index contributed by atoms with van der Waals surface area (Å²) >= 11 is 0. The van der Waals surface area contributed by atoms with E-state index in [-0.39, 0.29) is 5.91 Å². The maximum Gasteiger partial charge on any atom is 0.237 e. The Morgan fingerprint density at radius 1 is 0.969 bits per heavy atom. The Morgan fingerprint density at radius 2 is 1.72 bits per heavy atom. The van der Waals surface area contributed by atoms with Gasteiger partial charge in [-0.25, -0.2) is 9.97 Å². The highest BCUT2D eigenvalue weighted by Gasteiger charge is 2.23. The number of hydrogen-bond acceptors (Lipinski definition) is 6. The standard InChI is InChI=1S/C25H30N6O/c1-29(2)25-27-16-21(22-12-6-7-13-26-22)23(28-25)18-31(17-20-10-4-3-5-11-20)24(32)19-30-14-8-9-15-30/h3-7,10-13,16H,8-9,14-15,17-19H2,1-2H3. The molecule has 0 atom stereocenters. The van der Waals surface area contributed by atoms with E-state index in [0.717, 1.165) is 48.4 Å². The van der Waals surface area contributed by atoms with Crippen LogP contribution >= 0.6 is 0 Å². The summed E-state index contributed by atoms with van der Waals surface area (Å²) in [4.78, 5) is 33.2. The van der Waals surface area contributed by atoms with Crippen LogP contribution in [0.1, 0.15) is 24.1 Å². The number of carbonyl (C=O) groups excluding carboxylic acids is 1. The summed E-state index contributed by atoms with van der Waals surface area (Å²) in [6, 6.07) is 15.9. The predicted octanol–water partition coefficient (Wildman–Crippen LogP) is 3.23. The highest BCUT2D eigenvalue weighted by Crippen LogP contribution is 2.23. The third-order valence-electron chi connectivity index (χ3n) is 5.66. The summed E-state index contributed by atoms with van der Waals surface area (Å²) in [5.74, 6) is 0.735. The first-order valence-electron chi connectivity index (χ1n) is 11.1. The zero-order valence-corrected chi connectivity index (χ0v) is 18.8. The fraction of sp³-hybridized carbons (Fsp3) is 0.360. The second-order valence-corrected chi connectivity index (χ2v) is 8.36. The van der Waals surface area contributed by atoms with Gasteiger partial charge < -0.3 is 9.80 Å². The minimum absolute atomic E-state index is 0.118. The molecule has 0 saturated carbocycles. The van der Waals surface area contributed by atoms with Crippen molar-refractivity contribution in [2.24, 2.45) is 0 Å². The average molecular weight is 431 g/mol. The van der Waals surface area contributed by atoms with Crippen molar-refractivity contribution in [2.75, 3.05) is 38.6 Å². The molecule has 1 aliphatic rings. The third kappa shape index (κ3) is 5.48. The molecule has 4 rings (SSSR count). The van der Waals surface area contributed by atoms with E-state index in [9.17, 15) is 4.79 Å². The normalized spacial score (nSPS) is 13.8. The number of nitrogens with zero attached hydrogens (tertiary/aromatic N) is 6. The second-order valence-electron chi connectivity index (χ2n) is 8.36. The Morgan fingerprint density at radius 3 is 2.41 bits per heavy atom. The molecule has 1 amide bonds. The molecule has 7 heteroatoms. The van der Waals surface area contributed by atoms with Gasteiger partial charge in [-0.1, -0.05) is 36.4 Å². The summed E-state index contributed by atoms with van der Waals surface area (Å²) in [7, 11) is 3.83. The molecular formula is C25H30N6O. The largest absolute Gasteiger partial charge is 0.347 e. The molecule has 3 heterocycles. The summed E-state index contributed by atoms with van der Waals surface area (Å²) in [6.45, 7) is 3.36. The molecule has 3 aromatic rings. The first-order valence-corrected chi connectivity index (χ1v) is 11.1. The molecule has 0 radical (unpaired) electrons. The van der Waals surface area contributed by atoms with Gasteiger partial charge in [-0.15, -0.1) is 0 Å². The fourth-order valence-electron chi connectivity index (χ4n) is 3.93. The molecule has 1 saturated heterocycles. The predicted molar refractivity (Wildman–Crippen MR) is 126 cm³/mol. The van der Waals surface area contributed by atoms with Crippen LogP contribution in [0.2, 0.25) is 0 Å². The summed E-state index contributed by atoms with van der Waals surface area (Å²) < 4.78 is 0. The highest BCUT2D eigenvalue weighted by molar-refractivity contribution is 5.78. The molecule has 0 unspecified atom stereocenters. The molecule has 32 heavy (non-hydrogen) atoms. The lowest BCUT2D eigenvalue weighted by Crippen LogP contribution is -2.39. The minimum atomic E-state index is 0.118. The van der Waals surface area contributed by atoms with Crippen molar-refractivity contribution in [1.29, 1.82) is 0 Å². The number of carbonyl (C=O) groups is 1. The van der Waals surface area contributed by atoms with E-state index in [4.69, 9.17) is 4.98 Å². The maximum atomic E-state index is 13.4. The topological polar surface area (TPSA) is 65.5 Å². The van der Waals surface area contributed by atoms with Gasteiger partial charge in [0.2, 0.25) is 11.9 Å². The van der Waals surface area contributed by atoms with E-state index >= 15 is 0 Å². The lowest BCUT2D eigenvalue weighted by molar-refractivity contribution is -0.133. The molecule has 166 valence electrons. The molecule has 0 spiro atoms. The van der Waals surface area contributed by atoms with Gasteiger partial charge >= 0.3 is 0 Å². The third-order valence-corrected chi connectivity index (χ3v) is 5.66. The lowest BCUT2D eigenvalue weighted by Gasteiger charge is -2.26. The molecule has 1 aromatic carbocycles. The SMILES string of the molecule is CN(C)c1ncc(-c2ccccn2)c(CN(Cc2ccccc2)C(=O)CN2CCCC2)n1. The average Bonchev–Trinajstić information content (AvgIpc) is 3.33. The molecule has 0 bridgehead atoms. The summed E-state index contributed by atoms with van der Waals surface area (Å²) in [5.41, 5.74) is 3.55. The summed E-state index contributed by atoms with van der Waals surface area (Å²) in [5, 5.41) is 0. The number of benzene rings is 1. The summed E-state index contributed by atoms with van der Waals surface area (Å²) in [6.07, 6.45) is 5.90. The zero-order valence-electron chi connectivity index (χ0n) is 18.8. The lowest BCUT2D eigenvalue weighted by atomic mass is 10.1. The van der Waals surface area contributed by atoms with Crippen LogP contribution in [0, 0.1) is 0 Å². The van der Waals surface area contributed by atoms with Crippen LogP contribution in [0.4, 0.5) is 5.95 Å². The van der Waals surface area contributed by atoms with Crippen molar-refractivity contribution in [3.05, 3.63) is 72.2 Å². The van der Waals surface area contributed by atoms with Crippen LogP contribution in [0.15, 0.2) is 60.9 Å². The van der Waals surface area contributed by atoms with E-state index < -0.39 is 0 Å². The number of pyridine rings is 1. The van der Waals surface area contributed by atoms with Crippen LogP contribution in [0.5, 0.6) is 0 Å². The van der Waals surface area contributed by atoms with E-state index in [2.05, 4.69) is 27.0 Å².